The summed E-state index contributed by atoms with van der Waals surface area (Å²) in [7, 11) is 0. The van der Waals surface area contributed by atoms with Gasteiger partial charge in [-0.2, -0.15) is 4.98 Å². The average Bonchev–Trinajstić information content (AvgIpc) is 2.92. The van der Waals surface area contributed by atoms with Gasteiger partial charge in [-0.1, -0.05) is 28.4 Å². The number of pyridine rings is 1. The predicted octanol–water partition coefficient (Wildman–Crippen LogP) is 3.81. The molecule has 0 bridgehead atoms. The second kappa shape index (κ2) is 5.11. The monoisotopic (exact) mass is 307 g/mol. The molecule has 0 aliphatic heterocycles. The Hall–Kier alpha value is -2.11. The standard InChI is InChI=1S/C13H7Cl2N3O2/c14-9-2-1-7(5-10(9)15)12-17-13(20-18-12)8-3-4-16-6-11(8)19/h1-6,19H. The summed E-state index contributed by atoms with van der Waals surface area (Å²) < 4.78 is 5.13. The summed E-state index contributed by atoms with van der Waals surface area (Å²) in [5.74, 6) is 0.526. The van der Waals surface area contributed by atoms with Crippen LogP contribution in [0.4, 0.5) is 0 Å². The molecule has 0 aliphatic rings. The van der Waals surface area contributed by atoms with Crippen molar-refractivity contribution in [3.8, 4) is 28.6 Å². The highest BCUT2D eigenvalue weighted by atomic mass is 35.5. The molecular weight excluding hydrogens is 301 g/mol. The van der Waals surface area contributed by atoms with Gasteiger partial charge in [0.2, 0.25) is 5.82 Å². The molecule has 0 atom stereocenters. The van der Waals surface area contributed by atoms with E-state index in [4.69, 9.17) is 27.7 Å². The molecule has 0 aliphatic carbocycles. The number of aromatic hydroxyl groups is 1. The number of hydrogen-bond acceptors (Lipinski definition) is 5. The Morgan fingerprint density at radius 2 is 1.95 bits per heavy atom. The lowest BCUT2D eigenvalue weighted by atomic mass is 10.2. The van der Waals surface area contributed by atoms with Crippen LogP contribution in [0.2, 0.25) is 10.0 Å². The molecular formula is C13H7Cl2N3O2. The number of halogens is 2. The zero-order valence-corrected chi connectivity index (χ0v) is 11.4. The maximum absolute atomic E-state index is 9.70. The van der Waals surface area contributed by atoms with Gasteiger partial charge in [-0.25, -0.2) is 0 Å². The van der Waals surface area contributed by atoms with Gasteiger partial charge in [-0.15, -0.1) is 0 Å². The van der Waals surface area contributed by atoms with E-state index >= 15 is 0 Å². The van der Waals surface area contributed by atoms with Crippen molar-refractivity contribution in [2.24, 2.45) is 0 Å². The molecule has 0 saturated carbocycles. The van der Waals surface area contributed by atoms with Crippen LogP contribution in [0.3, 0.4) is 0 Å². The van der Waals surface area contributed by atoms with Gasteiger partial charge in [0, 0.05) is 11.8 Å². The third kappa shape index (κ3) is 2.33. The summed E-state index contributed by atoms with van der Waals surface area (Å²) in [5.41, 5.74) is 1.08. The Bertz CT molecular complexity index is 774. The fourth-order valence-corrected chi connectivity index (χ4v) is 1.95. The highest BCUT2D eigenvalue weighted by molar-refractivity contribution is 6.42. The van der Waals surface area contributed by atoms with Gasteiger partial charge in [-0.3, -0.25) is 4.98 Å². The summed E-state index contributed by atoms with van der Waals surface area (Å²) in [4.78, 5) is 8.00. The minimum absolute atomic E-state index is 0.0307. The Balaban J connectivity index is 2.02. The van der Waals surface area contributed by atoms with Crippen LogP contribution in [0, 0.1) is 0 Å². The predicted molar refractivity (Wildman–Crippen MR) is 74.6 cm³/mol. The fourth-order valence-electron chi connectivity index (χ4n) is 1.65. The minimum atomic E-state index is -0.0307. The Kier molecular flexibility index (Phi) is 3.30. The average molecular weight is 308 g/mol. The third-order valence-electron chi connectivity index (χ3n) is 2.63. The van der Waals surface area contributed by atoms with Gasteiger partial charge in [-0.05, 0) is 24.3 Å². The molecule has 0 fully saturated rings. The first-order chi connectivity index (χ1) is 9.65. The van der Waals surface area contributed by atoms with Crippen molar-refractivity contribution < 1.29 is 9.63 Å². The van der Waals surface area contributed by atoms with Crippen LogP contribution >= 0.6 is 23.2 Å². The van der Waals surface area contributed by atoms with Crippen molar-refractivity contribution >= 4 is 23.2 Å². The van der Waals surface area contributed by atoms with E-state index in [-0.39, 0.29) is 11.6 Å². The lowest BCUT2D eigenvalue weighted by Crippen LogP contribution is -1.83. The summed E-state index contributed by atoms with van der Waals surface area (Å²) in [6.45, 7) is 0. The molecule has 0 radical (unpaired) electrons. The summed E-state index contributed by atoms with van der Waals surface area (Å²) in [6, 6.07) is 6.61. The van der Waals surface area contributed by atoms with Crippen LogP contribution in [0.5, 0.6) is 5.75 Å². The molecule has 3 aromatic rings. The third-order valence-corrected chi connectivity index (χ3v) is 3.37. The topological polar surface area (TPSA) is 72.0 Å². The highest BCUT2D eigenvalue weighted by Crippen LogP contribution is 2.30. The van der Waals surface area contributed by atoms with Crippen LogP contribution in [-0.2, 0) is 0 Å². The molecule has 0 spiro atoms. The molecule has 20 heavy (non-hydrogen) atoms. The van der Waals surface area contributed by atoms with Gasteiger partial charge < -0.3 is 9.63 Å². The Labute approximate surface area is 123 Å². The summed E-state index contributed by atoms with van der Waals surface area (Å²) >= 11 is 11.8. The molecule has 1 aromatic carbocycles. The normalized spacial score (nSPS) is 10.7. The smallest absolute Gasteiger partial charge is 0.262 e. The summed E-state index contributed by atoms with van der Waals surface area (Å²) in [6.07, 6.45) is 2.83. The van der Waals surface area contributed by atoms with Crippen LogP contribution in [0.25, 0.3) is 22.8 Å². The van der Waals surface area contributed by atoms with E-state index in [2.05, 4.69) is 15.1 Å². The van der Waals surface area contributed by atoms with E-state index < -0.39 is 0 Å². The van der Waals surface area contributed by atoms with Crippen LogP contribution < -0.4 is 0 Å². The zero-order valence-electron chi connectivity index (χ0n) is 9.92. The van der Waals surface area contributed by atoms with Crippen molar-refractivity contribution in [2.45, 2.75) is 0 Å². The first-order valence-electron chi connectivity index (χ1n) is 5.57. The van der Waals surface area contributed by atoms with Crippen molar-refractivity contribution in [3.05, 3.63) is 46.7 Å². The fraction of sp³-hybridized carbons (Fsp3) is 0. The van der Waals surface area contributed by atoms with E-state index in [1.165, 1.54) is 12.4 Å². The number of rotatable bonds is 2. The van der Waals surface area contributed by atoms with E-state index in [1.807, 2.05) is 0 Å². The molecule has 5 nitrogen and oxygen atoms in total. The number of benzene rings is 1. The van der Waals surface area contributed by atoms with Crippen LogP contribution in [-0.4, -0.2) is 20.2 Å². The lowest BCUT2D eigenvalue weighted by Gasteiger charge is -1.98. The SMILES string of the molecule is Oc1cnccc1-c1nc(-c2ccc(Cl)c(Cl)c2)no1. The molecule has 0 saturated heterocycles. The quantitative estimate of drug-likeness (QED) is 0.779. The van der Waals surface area contributed by atoms with Crippen molar-refractivity contribution in [1.29, 1.82) is 0 Å². The van der Waals surface area contributed by atoms with Gasteiger partial charge >= 0.3 is 0 Å². The van der Waals surface area contributed by atoms with Crippen molar-refractivity contribution in [2.75, 3.05) is 0 Å². The molecule has 2 aromatic heterocycles. The van der Waals surface area contributed by atoms with Gasteiger partial charge in [0.15, 0.2) is 0 Å². The van der Waals surface area contributed by atoms with Crippen molar-refractivity contribution in [3.63, 3.8) is 0 Å². The van der Waals surface area contributed by atoms with Crippen LogP contribution in [0.15, 0.2) is 41.2 Å². The van der Waals surface area contributed by atoms with Crippen molar-refractivity contribution in [1.82, 2.24) is 15.1 Å². The number of aromatic nitrogens is 3. The second-order valence-corrected chi connectivity index (χ2v) is 4.76. The summed E-state index contributed by atoms with van der Waals surface area (Å²) in [5, 5.41) is 14.4. The van der Waals surface area contributed by atoms with Gasteiger partial charge in [0.1, 0.15) is 5.75 Å². The van der Waals surface area contributed by atoms with Gasteiger partial charge in [0.05, 0.1) is 21.8 Å². The largest absolute Gasteiger partial charge is 0.505 e. The molecule has 7 heteroatoms. The molecule has 3 rings (SSSR count). The number of nitrogens with zero attached hydrogens (tertiary/aromatic N) is 3. The second-order valence-electron chi connectivity index (χ2n) is 3.94. The lowest BCUT2D eigenvalue weighted by molar-refractivity contribution is 0.425. The maximum atomic E-state index is 9.70. The van der Waals surface area contributed by atoms with E-state index in [0.29, 0.717) is 27.0 Å². The van der Waals surface area contributed by atoms with E-state index in [0.717, 1.165) is 0 Å². The Morgan fingerprint density at radius 1 is 1.10 bits per heavy atom. The zero-order chi connectivity index (χ0) is 14.1. The van der Waals surface area contributed by atoms with E-state index in [9.17, 15) is 5.11 Å². The highest BCUT2D eigenvalue weighted by Gasteiger charge is 2.14. The van der Waals surface area contributed by atoms with E-state index in [1.54, 1.807) is 24.3 Å². The molecule has 2 heterocycles. The van der Waals surface area contributed by atoms with Gasteiger partial charge in [0.25, 0.3) is 5.89 Å². The molecule has 1 N–H and O–H groups in total. The molecule has 100 valence electrons. The Morgan fingerprint density at radius 3 is 2.70 bits per heavy atom. The minimum Gasteiger partial charge on any atom is -0.505 e. The first-order valence-corrected chi connectivity index (χ1v) is 6.33. The number of hydrogen-bond donors (Lipinski definition) is 1. The molecule has 0 unspecified atom stereocenters. The molecule has 0 amide bonds. The van der Waals surface area contributed by atoms with Crippen LogP contribution in [0.1, 0.15) is 0 Å². The maximum Gasteiger partial charge on any atom is 0.262 e. The first kappa shape index (κ1) is 12.9.